The fourth-order valence-electron chi connectivity index (χ4n) is 1.67. The number of carbonyl (C=O) groups is 1. The maximum Gasteiger partial charge on any atom is 0.250 e. The average Bonchev–Trinajstić information content (AvgIpc) is 3.13. The molecule has 0 saturated heterocycles. The van der Waals surface area contributed by atoms with Gasteiger partial charge in [-0.15, -0.1) is 21.5 Å². The molecule has 3 heterocycles. The monoisotopic (exact) mass is 339 g/mol. The second-order valence-corrected chi connectivity index (χ2v) is 6.31. The summed E-state index contributed by atoms with van der Waals surface area (Å²) in [5, 5.41) is 14.1. The van der Waals surface area contributed by atoms with Crippen molar-refractivity contribution in [1.82, 2.24) is 19.6 Å². The molecular formula is C12H10ClN5OS2. The summed E-state index contributed by atoms with van der Waals surface area (Å²) in [7, 11) is 0. The van der Waals surface area contributed by atoms with Crippen LogP contribution in [0.25, 0.3) is 11.0 Å². The quantitative estimate of drug-likeness (QED) is 0.741. The van der Waals surface area contributed by atoms with Crippen molar-refractivity contribution in [3.8, 4) is 0 Å². The van der Waals surface area contributed by atoms with Gasteiger partial charge in [-0.2, -0.15) is 0 Å². The van der Waals surface area contributed by atoms with Crippen LogP contribution in [0.3, 0.4) is 0 Å². The van der Waals surface area contributed by atoms with E-state index in [1.54, 1.807) is 6.08 Å². The molecule has 108 valence electrons. The second-order valence-electron chi connectivity index (χ2n) is 4.02. The highest BCUT2D eigenvalue weighted by Gasteiger charge is 2.09. The van der Waals surface area contributed by atoms with Gasteiger partial charge in [0.1, 0.15) is 5.01 Å². The molecule has 0 radical (unpaired) electrons. The van der Waals surface area contributed by atoms with E-state index in [0.29, 0.717) is 16.0 Å². The van der Waals surface area contributed by atoms with Crippen LogP contribution in [0.15, 0.2) is 17.7 Å². The molecule has 6 nitrogen and oxygen atoms in total. The number of aromatic nitrogens is 4. The number of amides is 1. The highest BCUT2D eigenvalue weighted by atomic mass is 35.5. The molecule has 0 aromatic carbocycles. The van der Waals surface area contributed by atoms with Crippen LogP contribution in [0.4, 0.5) is 5.13 Å². The largest absolute Gasteiger partial charge is 0.297 e. The first kappa shape index (κ1) is 14.2. The molecule has 1 N–H and O–H groups in total. The summed E-state index contributed by atoms with van der Waals surface area (Å²) >= 11 is 8.89. The Balaban J connectivity index is 1.74. The Morgan fingerprint density at radius 3 is 3.14 bits per heavy atom. The van der Waals surface area contributed by atoms with Gasteiger partial charge in [-0.1, -0.05) is 29.9 Å². The van der Waals surface area contributed by atoms with Crippen molar-refractivity contribution in [3.63, 3.8) is 0 Å². The first-order chi connectivity index (χ1) is 10.2. The van der Waals surface area contributed by atoms with E-state index in [2.05, 4.69) is 20.5 Å². The highest BCUT2D eigenvalue weighted by molar-refractivity contribution is 7.15. The number of rotatable bonds is 4. The number of hydrogen-bond acceptors (Lipinski definition) is 6. The zero-order chi connectivity index (χ0) is 14.8. The van der Waals surface area contributed by atoms with Gasteiger partial charge in [-0.05, 0) is 12.5 Å². The Hall–Kier alpha value is -1.77. The predicted molar refractivity (Wildman–Crippen MR) is 85.0 cm³/mol. The fourth-order valence-corrected chi connectivity index (χ4v) is 3.36. The first-order valence-electron chi connectivity index (χ1n) is 6.10. The lowest BCUT2D eigenvalue weighted by Crippen LogP contribution is -2.07. The number of thiazole rings is 1. The van der Waals surface area contributed by atoms with Crippen molar-refractivity contribution in [2.75, 3.05) is 5.32 Å². The molecule has 0 saturated carbocycles. The standard InChI is InChI=1S/C12H10ClN5OS2/c1-2-9-16-17-11(21-9)14-8(19)4-3-7-10(13)15-12-18(7)5-6-20-12/h3-6H,2H2,1H3,(H,14,17,19)/b4-3+. The van der Waals surface area contributed by atoms with Crippen molar-refractivity contribution in [3.05, 3.63) is 33.5 Å². The minimum Gasteiger partial charge on any atom is -0.297 e. The molecule has 0 aliphatic rings. The summed E-state index contributed by atoms with van der Waals surface area (Å²) in [4.78, 5) is 16.8. The number of nitrogens with zero attached hydrogens (tertiary/aromatic N) is 4. The Kier molecular flexibility index (Phi) is 4.00. The lowest BCUT2D eigenvalue weighted by Gasteiger charge is -1.95. The van der Waals surface area contributed by atoms with Gasteiger partial charge in [-0.25, -0.2) is 4.98 Å². The van der Waals surface area contributed by atoms with Gasteiger partial charge in [0.05, 0.1) is 5.69 Å². The lowest BCUT2D eigenvalue weighted by molar-refractivity contribution is -0.111. The molecule has 0 bridgehead atoms. The third-order valence-electron chi connectivity index (χ3n) is 2.65. The van der Waals surface area contributed by atoms with Crippen LogP contribution >= 0.6 is 34.3 Å². The average molecular weight is 340 g/mol. The van der Waals surface area contributed by atoms with Gasteiger partial charge < -0.3 is 0 Å². The smallest absolute Gasteiger partial charge is 0.250 e. The fraction of sp³-hybridized carbons (Fsp3) is 0.167. The third-order valence-corrected chi connectivity index (χ3v) is 4.66. The number of anilines is 1. The minimum absolute atomic E-state index is 0.282. The molecule has 0 aliphatic heterocycles. The van der Waals surface area contributed by atoms with Gasteiger partial charge in [0, 0.05) is 17.7 Å². The number of nitrogens with one attached hydrogen (secondary N) is 1. The van der Waals surface area contributed by atoms with E-state index in [4.69, 9.17) is 11.6 Å². The summed E-state index contributed by atoms with van der Waals surface area (Å²) in [6.45, 7) is 1.99. The van der Waals surface area contributed by atoms with Gasteiger partial charge in [-0.3, -0.25) is 14.5 Å². The minimum atomic E-state index is -0.282. The SMILES string of the molecule is CCc1nnc(NC(=O)/C=C/c2c(Cl)nc3sccn23)s1. The zero-order valence-corrected chi connectivity index (χ0v) is 13.3. The summed E-state index contributed by atoms with van der Waals surface area (Å²) in [6, 6.07) is 0. The molecule has 0 spiro atoms. The van der Waals surface area contributed by atoms with Crippen molar-refractivity contribution in [2.24, 2.45) is 0 Å². The van der Waals surface area contributed by atoms with E-state index in [-0.39, 0.29) is 5.91 Å². The maximum absolute atomic E-state index is 11.9. The van der Waals surface area contributed by atoms with Gasteiger partial charge in [0.25, 0.3) is 0 Å². The Labute approximate surface area is 133 Å². The Morgan fingerprint density at radius 1 is 1.52 bits per heavy atom. The van der Waals surface area contributed by atoms with Crippen LogP contribution in [0, 0.1) is 0 Å². The van der Waals surface area contributed by atoms with E-state index in [0.717, 1.165) is 16.4 Å². The van der Waals surface area contributed by atoms with Crippen LogP contribution in [0.1, 0.15) is 17.6 Å². The second kappa shape index (κ2) is 5.92. The summed E-state index contributed by atoms with van der Waals surface area (Å²) in [5.41, 5.74) is 0.676. The Bertz CT molecular complexity index is 819. The number of carbonyl (C=O) groups excluding carboxylic acids is 1. The normalized spacial score (nSPS) is 11.5. The molecule has 0 aliphatic carbocycles. The van der Waals surface area contributed by atoms with Crippen LogP contribution in [0.5, 0.6) is 0 Å². The highest BCUT2D eigenvalue weighted by Crippen LogP contribution is 2.22. The molecule has 0 unspecified atom stereocenters. The molecular weight excluding hydrogens is 330 g/mol. The van der Waals surface area contributed by atoms with Crippen molar-refractivity contribution in [2.45, 2.75) is 13.3 Å². The van der Waals surface area contributed by atoms with E-state index >= 15 is 0 Å². The molecule has 21 heavy (non-hydrogen) atoms. The van der Waals surface area contributed by atoms with E-state index < -0.39 is 0 Å². The number of halogens is 1. The molecule has 1 amide bonds. The van der Waals surface area contributed by atoms with Crippen LogP contribution in [-0.4, -0.2) is 25.5 Å². The number of fused-ring (bicyclic) bond motifs is 1. The summed E-state index contributed by atoms with van der Waals surface area (Å²) in [5.74, 6) is -0.282. The van der Waals surface area contributed by atoms with Crippen molar-refractivity contribution >= 4 is 56.4 Å². The molecule has 0 atom stereocenters. The van der Waals surface area contributed by atoms with Crippen LogP contribution in [-0.2, 0) is 11.2 Å². The number of hydrogen-bond donors (Lipinski definition) is 1. The third kappa shape index (κ3) is 2.97. The molecule has 3 aromatic heterocycles. The van der Waals surface area contributed by atoms with Gasteiger partial charge >= 0.3 is 0 Å². The zero-order valence-electron chi connectivity index (χ0n) is 10.9. The Morgan fingerprint density at radius 2 is 2.38 bits per heavy atom. The first-order valence-corrected chi connectivity index (χ1v) is 8.17. The van der Waals surface area contributed by atoms with Crippen molar-refractivity contribution in [1.29, 1.82) is 0 Å². The number of imidazole rings is 1. The summed E-state index contributed by atoms with van der Waals surface area (Å²) in [6.07, 6.45) is 5.69. The predicted octanol–water partition coefficient (Wildman–Crippen LogP) is 3.12. The van der Waals surface area contributed by atoms with Gasteiger partial charge in [0.2, 0.25) is 11.0 Å². The molecule has 3 rings (SSSR count). The maximum atomic E-state index is 11.9. The van der Waals surface area contributed by atoms with Crippen molar-refractivity contribution < 1.29 is 4.79 Å². The van der Waals surface area contributed by atoms with Crippen LogP contribution in [0.2, 0.25) is 5.15 Å². The van der Waals surface area contributed by atoms with E-state index in [1.807, 2.05) is 22.9 Å². The van der Waals surface area contributed by atoms with Crippen LogP contribution < -0.4 is 5.32 Å². The van der Waals surface area contributed by atoms with E-state index in [1.165, 1.54) is 28.7 Å². The topological polar surface area (TPSA) is 72.2 Å². The van der Waals surface area contributed by atoms with E-state index in [9.17, 15) is 4.79 Å². The van der Waals surface area contributed by atoms with Gasteiger partial charge in [0.15, 0.2) is 10.1 Å². The molecule has 3 aromatic rings. The number of aryl methyl sites for hydroxylation is 1. The lowest BCUT2D eigenvalue weighted by atomic mass is 10.4. The molecule has 9 heteroatoms. The molecule has 0 fully saturated rings. The summed E-state index contributed by atoms with van der Waals surface area (Å²) < 4.78 is 1.83.